The number of halogens is 1. The summed E-state index contributed by atoms with van der Waals surface area (Å²) < 4.78 is 4.58. The standard InChI is InChI=1S/C9H10ClN3O3/c1-16-9(15)8-6(3-11-12-8)13-4-5(10)2-7(13)14/h3,5H,2,4H2,1H3,(H,11,12). The normalized spacial score (nSPS) is 20.2. The molecule has 0 spiro atoms. The van der Waals surface area contributed by atoms with Crippen molar-refractivity contribution in [3.8, 4) is 0 Å². The van der Waals surface area contributed by atoms with Crippen LogP contribution in [0.25, 0.3) is 0 Å². The summed E-state index contributed by atoms with van der Waals surface area (Å²) in [4.78, 5) is 24.4. The van der Waals surface area contributed by atoms with Crippen LogP contribution in [0.5, 0.6) is 0 Å². The van der Waals surface area contributed by atoms with Gasteiger partial charge in [0.25, 0.3) is 0 Å². The molecule has 2 rings (SSSR count). The first kappa shape index (κ1) is 10.9. The molecule has 1 N–H and O–H groups in total. The van der Waals surface area contributed by atoms with E-state index in [0.29, 0.717) is 12.2 Å². The van der Waals surface area contributed by atoms with Crippen LogP contribution in [0.15, 0.2) is 6.20 Å². The van der Waals surface area contributed by atoms with Crippen molar-refractivity contribution < 1.29 is 14.3 Å². The van der Waals surface area contributed by atoms with Crippen molar-refractivity contribution in [1.82, 2.24) is 10.2 Å². The minimum Gasteiger partial charge on any atom is -0.464 e. The summed E-state index contributed by atoms with van der Waals surface area (Å²) in [5.74, 6) is -0.676. The highest BCUT2D eigenvalue weighted by molar-refractivity contribution is 6.24. The largest absolute Gasteiger partial charge is 0.464 e. The summed E-state index contributed by atoms with van der Waals surface area (Å²) in [6, 6.07) is 0. The van der Waals surface area contributed by atoms with Gasteiger partial charge in [0.2, 0.25) is 5.91 Å². The maximum atomic E-state index is 11.6. The van der Waals surface area contributed by atoms with Gasteiger partial charge in [-0.3, -0.25) is 9.89 Å². The van der Waals surface area contributed by atoms with Crippen molar-refractivity contribution in [1.29, 1.82) is 0 Å². The van der Waals surface area contributed by atoms with E-state index < -0.39 is 5.97 Å². The van der Waals surface area contributed by atoms with Crippen LogP contribution in [0.2, 0.25) is 0 Å². The maximum absolute atomic E-state index is 11.6. The molecule has 1 aromatic rings. The molecule has 1 unspecified atom stereocenters. The SMILES string of the molecule is COC(=O)c1[nH]ncc1N1CC(Cl)CC1=O. The van der Waals surface area contributed by atoms with E-state index in [4.69, 9.17) is 11.6 Å². The quantitative estimate of drug-likeness (QED) is 0.608. The van der Waals surface area contributed by atoms with Gasteiger partial charge in [0.15, 0.2) is 5.69 Å². The van der Waals surface area contributed by atoms with Gasteiger partial charge in [0.1, 0.15) is 0 Å². The van der Waals surface area contributed by atoms with E-state index in [1.54, 1.807) is 0 Å². The van der Waals surface area contributed by atoms with Crippen molar-refractivity contribution >= 4 is 29.2 Å². The Labute approximate surface area is 96.5 Å². The summed E-state index contributed by atoms with van der Waals surface area (Å²) in [6.45, 7) is 0.379. The third kappa shape index (κ3) is 1.76. The van der Waals surface area contributed by atoms with Crippen LogP contribution in [-0.2, 0) is 9.53 Å². The molecular weight excluding hydrogens is 234 g/mol. The van der Waals surface area contributed by atoms with E-state index in [1.165, 1.54) is 18.2 Å². The zero-order valence-corrected chi connectivity index (χ0v) is 9.32. The Bertz CT molecular complexity index is 431. The van der Waals surface area contributed by atoms with Crippen molar-refractivity contribution in [2.45, 2.75) is 11.8 Å². The second kappa shape index (κ2) is 4.13. The van der Waals surface area contributed by atoms with Crippen LogP contribution in [0.3, 0.4) is 0 Å². The molecule has 1 fully saturated rings. The highest BCUT2D eigenvalue weighted by Gasteiger charge is 2.32. The second-order valence-corrected chi connectivity index (χ2v) is 4.04. The van der Waals surface area contributed by atoms with Crippen LogP contribution in [0, 0.1) is 0 Å². The molecule has 16 heavy (non-hydrogen) atoms. The number of amides is 1. The number of carbonyl (C=O) groups is 2. The predicted molar refractivity (Wildman–Crippen MR) is 56.5 cm³/mol. The Balaban J connectivity index is 2.31. The molecule has 0 bridgehead atoms. The number of ether oxygens (including phenoxy) is 1. The van der Waals surface area contributed by atoms with E-state index in [1.807, 2.05) is 0 Å². The van der Waals surface area contributed by atoms with Crippen LogP contribution in [0.1, 0.15) is 16.9 Å². The lowest BCUT2D eigenvalue weighted by Crippen LogP contribution is -2.26. The second-order valence-electron chi connectivity index (χ2n) is 3.43. The molecule has 1 aliphatic rings. The van der Waals surface area contributed by atoms with Crippen molar-refractivity contribution in [2.24, 2.45) is 0 Å². The predicted octanol–water partition coefficient (Wildman–Crippen LogP) is 0.540. The minimum atomic E-state index is -0.557. The third-order valence-electron chi connectivity index (χ3n) is 2.38. The van der Waals surface area contributed by atoms with E-state index in [-0.39, 0.29) is 23.4 Å². The molecule has 86 valence electrons. The number of H-pyrrole nitrogens is 1. The average Bonchev–Trinajstić information content (AvgIpc) is 2.83. The van der Waals surface area contributed by atoms with Gasteiger partial charge in [0, 0.05) is 13.0 Å². The third-order valence-corrected chi connectivity index (χ3v) is 2.67. The number of carbonyl (C=O) groups excluding carboxylic acids is 2. The summed E-state index contributed by atoms with van der Waals surface area (Å²) in [7, 11) is 1.27. The van der Waals surface area contributed by atoms with Crippen molar-refractivity contribution in [3.63, 3.8) is 0 Å². The molecule has 7 heteroatoms. The molecule has 6 nitrogen and oxygen atoms in total. The van der Waals surface area contributed by atoms with Gasteiger partial charge < -0.3 is 9.64 Å². The van der Waals surface area contributed by atoms with E-state index in [0.717, 1.165) is 0 Å². The number of nitrogens with one attached hydrogen (secondary N) is 1. The highest BCUT2D eigenvalue weighted by atomic mass is 35.5. The number of esters is 1. The van der Waals surface area contributed by atoms with Crippen molar-refractivity contribution in [3.05, 3.63) is 11.9 Å². The molecule has 1 amide bonds. The minimum absolute atomic E-state index is 0.119. The molecule has 0 saturated carbocycles. The molecule has 1 atom stereocenters. The molecule has 0 aliphatic carbocycles. The van der Waals surface area contributed by atoms with E-state index >= 15 is 0 Å². The number of nitrogens with zero attached hydrogens (tertiary/aromatic N) is 2. The van der Waals surface area contributed by atoms with Crippen LogP contribution in [0.4, 0.5) is 5.69 Å². The Morgan fingerprint density at radius 1 is 1.75 bits per heavy atom. The number of rotatable bonds is 2. The molecule has 0 radical (unpaired) electrons. The number of anilines is 1. The zero-order valence-electron chi connectivity index (χ0n) is 8.57. The number of alkyl halides is 1. The Morgan fingerprint density at radius 3 is 3.06 bits per heavy atom. The Hall–Kier alpha value is -1.56. The smallest absolute Gasteiger partial charge is 0.358 e. The number of methoxy groups -OCH3 is 1. The van der Waals surface area contributed by atoms with Gasteiger partial charge >= 0.3 is 5.97 Å². The monoisotopic (exact) mass is 243 g/mol. The Kier molecular flexibility index (Phi) is 2.82. The topological polar surface area (TPSA) is 75.3 Å². The van der Waals surface area contributed by atoms with E-state index in [9.17, 15) is 9.59 Å². The lowest BCUT2D eigenvalue weighted by Gasteiger charge is -2.14. The molecule has 1 saturated heterocycles. The lowest BCUT2D eigenvalue weighted by atomic mass is 10.3. The Morgan fingerprint density at radius 2 is 2.50 bits per heavy atom. The fourth-order valence-electron chi connectivity index (χ4n) is 1.63. The van der Waals surface area contributed by atoms with Crippen molar-refractivity contribution in [2.75, 3.05) is 18.6 Å². The molecule has 0 aromatic carbocycles. The lowest BCUT2D eigenvalue weighted by molar-refractivity contribution is -0.117. The summed E-state index contributed by atoms with van der Waals surface area (Å²) in [5.41, 5.74) is 0.585. The fourth-order valence-corrected chi connectivity index (χ4v) is 1.90. The van der Waals surface area contributed by atoms with Crippen LogP contribution in [-0.4, -0.2) is 41.1 Å². The van der Waals surface area contributed by atoms with Gasteiger partial charge in [-0.25, -0.2) is 4.79 Å². The molecule has 1 aromatic heterocycles. The summed E-state index contributed by atoms with van der Waals surface area (Å²) in [6.07, 6.45) is 1.69. The van der Waals surface area contributed by atoms with Gasteiger partial charge in [-0.2, -0.15) is 5.10 Å². The first-order valence-corrected chi connectivity index (χ1v) is 5.13. The first-order valence-electron chi connectivity index (χ1n) is 4.69. The van der Waals surface area contributed by atoms with Gasteiger partial charge in [0.05, 0.1) is 24.4 Å². The van der Waals surface area contributed by atoms with Gasteiger partial charge in [-0.1, -0.05) is 0 Å². The number of hydrogen-bond acceptors (Lipinski definition) is 4. The molecular formula is C9H10ClN3O3. The average molecular weight is 244 g/mol. The van der Waals surface area contributed by atoms with Gasteiger partial charge in [-0.15, -0.1) is 11.6 Å². The van der Waals surface area contributed by atoms with Crippen LogP contribution >= 0.6 is 11.6 Å². The van der Waals surface area contributed by atoms with E-state index in [2.05, 4.69) is 14.9 Å². The van der Waals surface area contributed by atoms with Gasteiger partial charge in [-0.05, 0) is 0 Å². The fraction of sp³-hybridized carbons (Fsp3) is 0.444. The number of aromatic nitrogens is 2. The molecule has 2 heterocycles. The highest BCUT2D eigenvalue weighted by Crippen LogP contribution is 2.26. The number of aromatic amines is 1. The maximum Gasteiger partial charge on any atom is 0.358 e. The first-order chi connectivity index (χ1) is 7.63. The molecule has 1 aliphatic heterocycles. The number of hydrogen-bond donors (Lipinski definition) is 1. The summed E-state index contributed by atoms with van der Waals surface area (Å²) in [5, 5.41) is 6.01. The van der Waals surface area contributed by atoms with Crippen LogP contribution < -0.4 is 4.90 Å². The zero-order chi connectivity index (χ0) is 11.7. The summed E-state index contributed by atoms with van der Waals surface area (Å²) >= 11 is 5.88.